The molecule has 0 saturated heterocycles. The standard InChI is InChI=1S/C20H16ClF2N5O/c21-17(16-11-25-18-15(16)5-2-6-24-18)13-9-27-20(28-10-13)26-8-12-3-1-4-14(7-12)29-19(22)23/h1,3-7,9-11,17,19H,2,8H2,(H,26,27,28). The molecule has 1 atom stereocenters. The Bertz CT molecular complexity index is 1020. The summed E-state index contributed by atoms with van der Waals surface area (Å²) in [6.45, 7) is -2.50. The number of benzene rings is 1. The number of hydrogen-bond acceptors (Lipinski definition) is 6. The minimum absolute atomic E-state index is 0.105. The van der Waals surface area contributed by atoms with Crippen LogP contribution in [0.3, 0.4) is 0 Å². The first-order chi connectivity index (χ1) is 14.1. The smallest absolute Gasteiger partial charge is 0.387 e. The molecular formula is C20H16ClF2N5O. The lowest BCUT2D eigenvalue weighted by molar-refractivity contribution is -0.0498. The molecule has 0 fully saturated rings. The van der Waals surface area contributed by atoms with Crippen molar-refractivity contribution in [3.63, 3.8) is 0 Å². The van der Waals surface area contributed by atoms with E-state index in [1.165, 1.54) is 12.1 Å². The van der Waals surface area contributed by atoms with E-state index in [2.05, 4.69) is 30.0 Å². The maximum absolute atomic E-state index is 12.3. The summed E-state index contributed by atoms with van der Waals surface area (Å²) in [6.07, 6.45) is 9.62. The molecule has 0 bridgehead atoms. The molecule has 0 aliphatic carbocycles. The van der Waals surface area contributed by atoms with Crippen LogP contribution in [0.15, 0.2) is 70.1 Å². The number of alkyl halides is 3. The number of allylic oxidation sites excluding steroid dienone is 1. The SMILES string of the molecule is FC(F)Oc1cccc(CNc2ncc(C(Cl)C3=CN=C4N=CCC=C34)cn2)c1. The highest BCUT2D eigenvalue weighted by atomic mass is 35.5. The molecule has 1 aromatic heterocycles. The molecule has 0 spiro atoms. The van der Waals surface area contributed by atoms with Gasteiger partial charge >= 0.3 is 6.61 Å². The van der Waals surface area contributed by atoms with E-state index in [1.807, 2.05) is 6.08 Å². The minimum atomic E-state index is -2.86. The second-order valence-electron chi connectivity index (χ2n) is 6.28. The fourth-order valence-corrected chi connectivity index (χ4v) is 3.26. The van der Waals surface area contributed by atoms with Crippen molar-refractivity contribution in [3.8, 4) is 5.75 Å². The van der Waals surface area contributed by atoms with Gasteiger partial charge in [-0.1, -0.05) is 18.2 Å². The molecule has 2 aromatic rings. The van der Waals surface area contributed by atoms with Gasteiger partial charge in [0.1, 0.15) is 5.75 Å². The summed E-state index contributed by atoms with van der Waals surface area (Å²) < 4.78 is 29.0. The summed E-state index contributed by atoms with van der Waals surface area (Å²) in [5, 5.41) is 2.61. The molecule has 0 radical (unpaired) electrons. The van der Waals surface area contributed by atoms with Crippen LogP contribution in [0.4, 0.5) is 14.7 Å². The third-order valence-electron chi connectivity index (χ3n) is 4.33. The average molecular weight is 416 g/mol. The maximum Gasteiger partial charge on any atom is 0.387 e. The number of nitrogens with one attached hydrogen (secondary N) is 1. The maximum atomic E-state index is 12.3. The van der Waals surface area contributed by atoms with Crippen LogP contribution in [-0.4, -0.2) is 28.6 Å². The number of ether oxygens (including phenoxy) is 1. The van der Waals surface area contributed by atoms with E-state index in [4.69, 9.17) is 11.6 Å². The number of fused-ring (bicyclic) bond motifs is 1. The highest BCUT2D eigenvalue weighted by molar-refractivity contribution is 6.25. The van der Waals surface area contributed by atoms with E-state index in [1.54, 1.807) is 36.9 Å². The molecule has 29 heavy (non-hydrogen) atoms. The van der Waals surface area contributed by atoms with Gasteiger partial charge in [-0.25, -0.2) is 20.0 Å². The fourth-order valence-electron chi connectivity index (χ4n) is 2.98. The van der Waals surface area contributed by atoms with E-state index in [0.717, 1.165) is 28.7 Å². The fraction of sp³-hybridized carbons (Fsp3) is 0.200. The average Bonchev–Trinajstić information content (AvgIpc) is 3.16. The Kier molecular flexibility index (Phi) is 5.62. The van der Waals surface area contributed by atoms with Gasteiger partial charge in [0.2, 0.25) is 5.95 Å². The van der Waals surface area contributed by atoms with Gasteiger partial charge in [-0.2, -0.15) is 8.78 Å². The van der Waals surface area contributed by atoms with E-state index < -0.39 is 12.0 Å². The van der Waals surface area contributed by atoms with Crippen molar-refractivity contribution in [3.05, 3.63) is 71.2 Å². The second-order valence-corrected chi connectivity index (χ2v) is 6.72. The molecule has 2 aliphatic rings. The van der Waals surface area contributed by atoms with Crippen LogP contribution in [0.1, 0.15) is 22.9 Å². The molecular weight excluding hydrogens is 400 g/mol. The van der Waals surface area contributed by atoms with Crippen molar-refractivity contribution in [1.82, 2.24) is 9.97 Å². The Morgan fingerprint density at radius 1 is 1.21 bits per heavy atom. The van der Waals surface area contributed by atoms with Crippen LogP contribution < -0.4 is 10.1 Å². The minimum Gasteiger partial charge on any atom is -0.435 e. The van der Waals surface area contributed by atoms with Crippen molar-refractivity contribution >= 4 is 29.6 Å². The zero-order chi connectivity index (χ0) is 20.2. The lowest BCUT2D eigenvalue weighted by Gasteiger charge is -2.14. The highest BCUT2D eigenvalue weighted by Crippen LogP contribution is 2.37. The van der Waals surface area contributed by atoms with Crippen LogP contribution in [0.2, 0.25) is 0 Å². The molecule has 4 rings (SSSR count). The van der Waals surface area contributed by atoms with Gasteiger partial charge in [0.15, 0.2) is 5.84 Å². The monoisotopic (exact) mass is 415 g/mol. The summed E-state index contributed by atoms with van der Waals surface area (Å²) in [7, 11) is 0. The Labute approximate surface area is 170 Å². The number of halogens is 3. The quantitative estimate of drug-likeness (QED) is 0.667. The number of dihydropyridines is 1. The highest BCUT2D eigenvalue weighted by Gasteiger charge is 2.25. The number of aromatic nitrogens is 2. The summed E-state index contributed by atoms with van der Waals surface area (Å²) in [5.74, 6) is 1.18. The summed E-state index contributed by atoms with van der Waals surface area (Å²) in [4.78, 5) is 17.1. The third kappa shape index (κ3) is 4.48. The van der Waals surface area contributed by atoms with Crippen molar-refractivity contribution < 1.29 is 13.5 Å². The van der Waals surface area contributed by atoms with E-state index >= 15 is 0 Å². The Morgan fingerprint density at radius 2 is 2.03 bits per heavy atom. The Hall–Kier alpha value is -3.13. The van der Waals surface area contributed by atoms with Crippen LogP contribution in [0.25, 0.3) is 0 Å². The van der Waals surface area contributed by atoms with Crippen LogP contribution >= 0.6 is 11.6 Å². The van der Waals surface area contributed by atoms with E-state index in [0.29, 0.717) is 18.3 Å². The summed E-state index contributed by atoms with van der Waals surface area (Å²) in [6, 6.07) is 6.44. The molecule has 2 aliphatic heterocycles. The zero-order valence-electron chi connectivity index (χ0n) is 15.1. The number of rotatable bonds is 7. The van der Waals surface area contributed by atoms with Gasteiger partial charge in [0.05, 0.1) is 5.38 Å². The first-order valence-corrected chi connectivity index (χ1v) is 9.29. The number of nitrogens with zero attached hydrogens (tertiary/aromatic N) is 4. The van der Waals surface area contributed by atoms with Crippen molar-refractivity contribution in [2.24, 2.45) is 9.98 Å². The molecule has 148 valence electrons. The summed E-state index contributed by atoms with van der Waals surface area (Å²) >= 11 is 6.61. The molecule has 1 N–H and O–H groups in total. The molecule has 1 aromatic carbocycles. The Balaban J connectivity index is 1.38. The molecule has 1 unspecified atom stereocenters. The van der Waals surface area contributed by atoms with Crippen molar-refractivity contribution in [2.75, 3.05) is 5.32 Å². The van der Waals surface area contributed by atoms with Crippen molar-refractivity contribution in [2.45, 2.75) is 25.0 Å². The van der Waals surface area contributed by atoms with E-state index in [9.17, 15) is 8.78 Å². The molecule has 3 heterocycles. The molecule has 9 heteroatoms. The normalized spacial score (nSPS) is 16.1. The van der Waals surface area contributed by atoms with Crippen LogP contribution in [-0.2, 0) is 6.54 Å². The van der Waals surface area contributed by atoms with Gasteiger partial charge in [-0.15, -0.1) is 11.6 Å². The Morgan fingerprint density at radius 3 is 2.83 bits per heavy atom. The van der Waals surface area contributed by atoms with Gasteiger partial charge in [0.25, 0.3) is 0 Å². The second kappa shape index (κ2) is 8.48. The molecule has 0 saturated carbocycles. The third-order valence-corrected chi connectivity index (χ3v) is 4.82. The molecule has 0 amide bonds. The number of aliphatic imine (C=N–C) groups is 2. The van der Waals surface area contributed by atoms with Crippen LogP contribution in [0.5, 0.6) is 5.75 Å². The lowest BCUT2D eigenvalue weighted by Crippen LogP contribution is -2.08. The topological polar surface area (TPSA) is 71.8 Å². The first kappa shape index (κ1) is 19.2. The summed E-state index contributed by atoms with van der Waals surface area (Å²) in [5.41, 5.74) is 3.32. The predicted octanol–water partition coefficient (Wildman–Crippen LogP) is 4.67. The van der Waals surface area contributed by atoms with E-state index in [-0.39, 0.29) is 5.75 Å². The number of anilines is 1. The number of amidine groups is 1. The van der Waals surface area contributed by atoms with Gasteiger partial charge in [-0.3, -0.25) is 0 Å². The largest absolute Gasteiger partial charge is 0.435 e. The molecule has 6 nitrogen and oxygen atoms in total. The first-order valence-electron chi connectivity index (χ1n) is 8.85. The van der Waals surface area contributed by atoms with Gasteiger partial charge in [0, 0.05) is 54.5 Å². The van der Waals surface area contributed by atoms with Crippen molar-refractivity contribution in [1.29, 1.82) is 0 Å². The number of hydrogen-bond donors (Lipinski definition) is 1. The predicted molar refractivity (Wildman–Crippen MR) is 108 cm³/mol. The van der Waals surface area contributed by atoms with Crippen LogP contribution in [0, 0.1) is 0 Å². The lowest BCUT2D eigenvalue weighted by atomic mass is 9.99. The zero-order valence-corrected chi connectivity index (χ0v) is 15.9. The van der Waals surface area contributed by atoms with Gasteiger partial charge in [-0.05, 0) is 17.7 Å². The van der Waals surface area contributed by atoms with Gasteiger partial charge < -0.3 is 10.1 Å².